The summed E-state index contributed by atoms with van der Waals surface area (Å²) in [6.07, 6.45) is 1.72. The highest BCUT2D eigenvalue weighted by Gasteiger charge is 2.29. The van der Waals surface area contributed by atoms with Crippen LogP contribution < -0.4 is 16.0 Å². The molecule has 0 aliphatic carbocycles. The number of nitro benzene ring substituents is 1. The highest BCUT2D eigenvalue weighted by atomic mass is 16.6. The highest BCUT2D eigenvalue weighted by molar-refractivity contribution is 5.98. The van der Waals surface area contributed by atoms with Crippen molar-refractivity contribution in [2.24, 2.45) is 11.7 Å². The zero-order valence-corrected chi connectivity index (χ0v) is 15.8. The number of carbonyl (C=O) groups excluding carboxylic acids is 3. The molecule has 1 aromatic carbocycles. The van der Waals surface area contributed by atoms with E-state index < -0.39 is 34.9 Å². The molecule has 1 aliphatic rings. The van der Waals surface area contributed by atoms with Crippen molar-refractivity contribution in [2.45, 2.75) is 39.2 Å². The Labute approximate surface area is 162 Å². The molecule has 0 saturated carbocycles. The molecule has 1 aliphatic heterocycles. The van der Waals surface area contributed by atoms with Crippen LogP contribution >= 0.6 is 0 Å². The van der Waals surface area contributed by atoms with Crippen LogP contribution in [0.25, 0.3) is 0 Å². The lowest BCUT2D eigenvalue weighted by atomic mass is 10.1. The zero-order chi connectivity index (χ0) is 20.8. The minimum Gasteiger partial charge on any atom is -0.448 e. The fourth-order valence-electron chi connectivity index (χ4n) is 3.07. The van der Waals surface area contributed by atoms with Crippen molar-refractivity contribution in [1.29, 1.82) is 0 Å². The number of nitrogens with one attached hydrogen (secondary N) is 1. The number of carbonyl (C=O) groups is 3. The number of hydrogen-bond acceptors (Lipinski definition) is 7. The number of imide groups is 1. The van der Waals surface area contributed by atoms with E-state index in [4.69, 9.17) is 10.5 Å². The van der Waals surface area contributed by atoms with Gasteiger partial charge >= 0.3 is 12.0 Å². The maximum absolute atomic E-state index is 12.5. The number of urea groups is 1. The first-order valence-corrected chi connectivity index (χ1v) is 9.05. The van der Waals surface area contributed by atoms with Crippen molar-refractivity contribution in [3.05, 3.63) is 33.9 Å². The smallest absolute Gasteiger partial charge is 0.339 e. The fourth-order valence-corrected chi connectivity index (χ4v) is 3.07. The number of piperidine rings is 1. The molecule has 0 unspecified atom stereocenters. The summed E-state index contributed by atoms with van der Waals surface area (Å²) in [6.45, 7) is 4.68. The van der Waals surface area contributed by atoms with Crippen LogP contribution in [0.4, 0.5) is 16.2 Å². The van der Waals surface area contributed by atoms with E-state index >= 15 is 0 Å². The number of anilines is 1. The van der Waals surface area contributed by atoms with Crippen LogP contribution in [0.3, 0.4) is 0 Å². The maximum Gasteiger partial charge on any atom is 0.339 e. The van der Waals surface area contributed by atoms with Gasteiger partial charge in [-0.1, -0.05) is 13.8 Å². The summed E-state index contributed by atoms with van der Waals surface area (Å²) >= 11 is 0. The van der Waals surface area contributed by atoms with Gasteiger partial charge in [-0.3, -0.25) is 20.2 Å². The number of esters is 1. The second-order valence-corrected chi connectivity index (χ2v) is 6.93. The average Bonchev–Trinajstić information content (AvgIpc) is 2.65. The molecule has 3 amide bonds. The van der Waals surface area contributed by atoms with E-state index in [0.717, 1.165) is 25.3 Å². The first-order chi connectivity index (χ1) is 13.2. The van der Waals surface area contributed by atoms with Crippen molar-refractivity contribution in [2.75, 3.05) is 18.0 Å². The lowest BCUT2D eigenvalue weighted by molar-refractivity contribution is -0.384. The van der Waals surface area contributed by atoms with E-state index in [2.05, 4.69) is 0 Å². The van der Waals surface area contributed by atoms with E-state index in [-0.39, 0.29) is 11.3 Å². The maximum atomic E-state index is 12.5. The number of nitrogens with two attached hydrogens (primary N) is 1. The molecule has 1 fully saturated rings. The molecular weight excluding hydrogens is 368 g/mol. The predicted molar refractivity (Wildman–Crippen MR) is 101 cm³/mol. The summed E-state index contributed by atoms with van der Waals surface area (Å²) in [5, 5.41) is 13.4. The van der Waals surface area contributed by atoms with E-state index in [9.17, 15) is 24.5 Å². The van der Waals surface area contributed by atoms with Crippen LogP contribution in [0.2, 0.25) is 0 Å². The first-order valence-electron chi connectivity index (χ1n) is 9.05. The minimum absolute atomic E-state index is 0.0509. The van der Waals surface area contributed by atoms with Gasteiger partial charge in [-0.25, -0.2) is 9.59 Å². The Kier molecular flexibility index (Phi) is 6.91. The van der Waals surface area contributed by atoms with Gasteiger partial charge in [0.1, 0.15) is 5.69 Å². The molecule has 1 heterocycles. The van der Waals surface area contributed by atoms with Crippen LogP contribution in [-0.4, -0.2) is 42.0 Å². The van der Waals surface area contributed by atoms with Crippen molar-refractivity contribution >= 4 is 29.3 Å². The van der Waals surface area contributed by atoms with Crippen molar-refractivity contribution < 1.29 is 24.0 Å². The summed E-state index contributed by atoms with van der Waals surface area (Å²) < 4.78 is 5.19. The molecule has 1 saturated heterocycles. The summed E-state index contributed by atoms with van der Waals surface area (Å²) in [7, 11) is 0. The van der Waals surface area contributed by atoms with Gasteiger partial charge < -0.3 is 15.4 Å². The number of amides is 3. The molecule has 152 valence electrons. The molecular formula is C18H24N4O6. The number of benzene rings is 1. The van der Waals surface area contributed by atoms with Crippen LogP contribution in [-0.2, 0) is 9.53 Å². The first kappa shape index (κ1) is 21.1. The molecule has 0 aromatic heterocycles. The van der Waals surface area contributed by atoms with E-state index in [0.29, 0.717) is 18.8 Å². The van der Waals surface area contributed by atoms with Crippen LogP contribution in [0.15, 0.2) is 18.2 Å². The number of nitrogens with zero attached hydrogens (tertiary/aromatic N) is 2. The second kappa shape index (κ2) is 9.16. The third-order valence-electron chi connectivity index (χ3n) is 4.45. The lowest BCUT2D eigenvalue weighted by Crippen LogP contribution is -2.45. The molecule has 1 atom stereocenters. The van der Waals surface area contributed by atoms with Gasteiger partial charge in [0.05, 0.1) is 10.5 Å². The van der Waals surface area contributed by atoms with Gasteiger partial charge in [-0.15, -0.1) is 0 Å². The molecule has 10 nitrogen and oxygen atoms in total. The van der Waals surface area contributed by atoms with Gasteiger partial charge in [-0.05, 0) is 37.3 Å². The Balaban J connectivity index is 2.24. The summed E-state index contributed by atoms with van der Waals surface area (Å²) in [4.78, 5) is 48.2. The molecule has 28 heavy (non-hydrogen) atoms. The largest absolute Gasteiger partial charge is 0.448 e. The third-order valence-corrected chi connectivity index (χ3v) is 4.45. The standard InChI is InChI=1S/C18H24N4O6/c1-11(2)15(16(23)20-18(19)25)28-17(24)12-6-7-13(14(10-12)22(26)27)21-8-4-3-5-9-21/h6-7,10-11,15H,3-5,8-9H2,1-2H3,(H3,19,20,23,25)/t15-/m1/s1. The highest BCUT2D eigenvalue weighted by Crippen LogP contribution is 2.31. The summed E-state index contributed by atoms with van der Waals surface area (Å²) in [5.41, 5.74) is 5.13. The third kappa shape index (κ3) is 5.18. The van der Waals surface area contributed by atoms with Crippen molar-refractivity contribution in [1.82, 2.24) is 5.32 Å². The van der Waals surface area contributed by atoms with Gasteiger partial charge in [0.2, 0.25) is 0 Å². The Bertz CT molecular complexity index is 773. The quantitative estimate of drug-likeness (QED) is 0.427. The van der Waals surface area contributed by atoms with E-state index in [1.807, 2.05) is 10.2 Å². The Morgan fingerprint density at radius 2 is 1.86 bits per heavy atom. The second-order valence-electron chi connectivity index (χ2n) is 6.93. The normalized spacial score (nSPS) is 15.0. The molecule has 0 radical (unpaired) electrons. The molecule has 0 spiro atoms. The molecule has 0 bridgehead atoms. The van der Waals surface area contributed by atoms with E-state index in [1.165, 1.54) is 12.1 Å². The summed E-state index contributed by atoms with van der Waals surface area (Å²) in [5.74, 6) is -2.19. The Hall–Kier alpha value is -3.17. The number of rotatable bonds is 6. The minimum atomic E-state index is -1.26. The monoisotopic (exact) mass is 392 g/mol. The zero-order valence-electron chi connectivity index (χ0n) is 15.8. The van der Waals surface area contributed by atoms with Gasteiger partial charge in [-0.2, -0.15) is 0 Å². The number of hydrogen-bond donors (Lipinski definition) is 2. The van der Waals surface area contributed by atoms with Gasteiger partial charge in [0, 0.05) is 19.2 Å². The van der Waals surface area contributed by atoms with Crippen LogP contribution in [0, 0.1) is 16.0 Å². The number of primary amides is 1. The topological polar surface area (TPSA) is 145 Å². The Morgan fingerprint density at radius 3 is 2.39 bits per heavy atom. The van der Waals surface area contributed by atoms with Crippen LogP contribution in [0.5, 0.6) is 0 Å². The van der Waals surface area contributed by atoms with E-state index in [1.54, 1.807) is 13.8 Å². The van der Waals surface area contributed by atoms with Crippen molar-refractivity contribution in [3.63, 3.8) is 0 Å². The van der Waals surface area contributed by atoms with Gasteiger partial charge in [0.15, 0.2) is 6.10 Å². The average molecular weight is 392 g/mol. The lowest BCUT2D eigenvalue weighted by Gasteiger charge is -2.28. The number of nitro groups is 1. The van der Waals surface area contributed by atoms with Crippen LogP contribution in [0.1, 0.15) is 43.5 Å². The molecule has 2 rings (SSSR count). The summed E-state index contributed by atoms with van der Waals surface area (Å²) in [6, 6.07) is 3.04. The molecule has 1 aromatic rings. The fraction of sp³-hybridized carbons (Fsp3) is 0.500. The predicted octanol–water partition coefficient (Wildman–Crippen LogP) is 1.96. The van der Waals surface area contributed by atoms with Crippen molar-refractivity contribution in [3.8, 4) is 0 Å². The molecule has 10 heteroatoms. The SMILES string of the molecule is CC(C)[C@@H](OC(=O)c1ccc(N2CCCCC2)c([N+](=O)[O-])c1)C(=O)NC(N)=O. The molecule has 3 N–H and O–H groups in total. The Morgan fingerprint density at radius 1 is 1.21 bits per heavy atom. The number of ether oxygens (including phenoxy) is 1. The van der Waals surface area contributed by atoms with Gasteiger partial charge in [0.25, 0.3) is 11.6 Å².